The lowest BCUT2D eigenvalue weighted by atomic mass is 10.2. The highest BCUT2D eigenvalue weighted by atomic mass is 35.5. The molecular weight excluding hydrogens is 372 g/mol. The third kappa shape index (κ3) is 3.14. The van der Waals surface area contributed by atoms with E-state index in [9.17, 15) is 4.79 Å². The second-order valence-electron chi connectivity index (χ2n) is 6.57. The highest BCUT2D eigenvalue weighted by molar-refractivity contribution is 7.18. The van der Waals surface area contributed by atoms with Gasteiger partial charge in [0.05, 0.1) is 0 Å². The van der Waals surface area contributed by atoms with Crippen molar-refractivity contribution < 1.29 is 4.79 Å². The van der Waals surface area contributed by atoms with Crippen LogP contribution in [0, 0.1) is 0 Å². The van der Waals surface area contributed by atoms with E-state index in [1.165, 1.54) is 11.3 Å². The van der Waals surface area contributed by atoms with Gasteiger partial charge in [-0.1, -0.05) is 42.9 Å². The van der Waals surface area contributed by atoms with Crippen LogP contribution < -0.4 is 4.90 Å². The van der Waals surface area contributed by atoms with Gasteiger partial charge >= 0.3 is 0 Å². The van der Waals surface area contributed by atoms with Gasteiger partial charge < -0.3 is 9.80 Å². The topological polar surface area (TPSA) is 66.6 Å². The molecule has 2 aromatic heterocycles. The van der Waals surface area contributed by atoms with Crippen LogP contribution in [0.2, 0.25) is 5.02 Å². The molecule has 0 aliphatic carbocycles. The first-order chi connectivity index (χ1) is 12.5. The average molecular weight is 391 g/mol. The second kappa shape index (κ2) is 6.85. The molecule has 1 amide bonds. The van der Waals surface area contributed by atoms with Crippen molar-refractivity contribution in [3.8, 4) is 0 Å². The Morgan fingerprint density at radius 2 is 1.96 bits per heavy atom. The second-order valence-corrected chi connectivity index (χ2v) is 7.97. The number of anilines is 1. The predicted octanol–water partition coefficient (Wildman–Crippen LogP) is 2.93. The number of amides is 1. The van der Waals surface area contributed by atoms with Gasteiger partial charge in [-0.2, -0.15) is 4.52 Å². The summed E-state index contributed by atoms with van der Waals surface area (Å²) in [7, 11) is 0. The quantitative estimate of drug-likeness (QED) is 0.687. The van der Waals surface area contributed by atoms with Gasteiger partial charge in [0.25, 0.3) is 5.91 Å². The first-order valence-corrected chi connectivity index (χ1v) is 9.74. The molecule has 0 bridgehead atoms. The van der Waals surface area contributed by atoms with Crippen molar-refractivity contribution in [3.63, 3.8) is 0 Å². The van der Waals surface area contributed by atoms with Crippen LogP contribution in [0.3, 0.4) is 0 Å². The summed E-state index contributed by atoms with van der Waals surface area (Å²) >= 11 is 7.37. The molecule has 4 rings (SSSR count). The van der Waals surface area contributed by atoms with E-state index in [0.29, 0.717) is 23.1 Å². The van der Waals surface area contributed by atoms with E-state index in [-0.39, 0.29) is 11.8 Å². The number of halogens is 1. The van der Waals surface area contributed by atoms with Crippen molar-refractivity contribution in [2.24, 2.45) is 0 Å². The fraction of sp³-hybridized carbons (Fsp3) is 0.412. The minimum absolute atomic E-state index is 0.0408. The standard InChI is InChI=1S/C17H19ClN6OS/c1-11(2)14-19-20-17-24(14)21-15(26-17)16(25)23-8-6-22(7-9-23)13-5-3-4-12(18)10-13/h3-5,10-11H,6-9H2,1-2H3. The molecule has 26 heavy (non-hydrogen) atoms. The van der Waals surface area contributed by atoms with E-state index in [0.717, 1.165) is 29.6 Å². The van der Waals surface area contributed by atoms with Crippen LogP contribution in [0.15, 0.2) is 24.3 Å². The van der Waals surface area contributed by atoms with E-state index in [1.54, 1.807) is 4.52 Å². The van der Waals surface area contributed by atoms with Crippen molar-refractivity contribution in [1.29, 1.82) is 0 Å². The minimum Gasteiger partial charge on any atom is -0.368 e. The lowest BCUT2D eigenvalue weighted by Crippen LogP contribution is -2.48. The normalized spacial score (nSPS) is 15.2. The van der Waals surface area contributed by atoms with Gasteiger partial charge in [0.15, 0.2) is 5.82 Å². The van der Waals surface area contributed by atoms with E-state index < -0.39 is 0 Å². The van der Waals surface area contributed by atoms with Gasteiger partial charge in [0, 0.05) is 42.8 Å². The molecule has 0 N–H and O–H groups in total. The van der Waals surface area contributed by atoms with Crippen LogP contribution in [0.4, 0.5) is 5.69 Å². The molecule has 0 unspecified atom stereocenters. The Kier molecular flexibility index (Phi) is 4.54. The lowest BCUT2D eigenvalue weighted by Gasteiger charge is -2.35. The van der Waals surface area contributed by atoms with E-state index in [1.807, 2.05) is 43.0 Å². The van der Waals surface area contributed by atoms with Crippen LogP contribution in [0.1, 0.15) is 35.4 Å². The Morgan fingerprint density at radius 3 is 2.65 bits per heavy atom. The summed E-state index contributed by atoms with van der Waals surface area (Å²) in [4.78, 5) is 17.6. The molecule has 3 heterocycles. The number of hydrogen-bond donors (Lipinski definition) is 0. The largest absolute Gasteiger partial charge is 0.368 e. The first-order valence-electron chi connectivity index (χ1n) is 8.55. The molecule has 1 saturated heterocycles. The number of aromatic nitrogens is 4. The number of piperazine rings is 1. The highest BCUT2D eigenvalue weighted by Gasteiger charge is 2.26. The Hall–Kier alpha value is -2.19. The van der Waals surface area contributed by atoms with Crippen molar-refractivity contribution >= 4 is 39.5 Å². The van der Waals surface area contributed by atoms with Crippen molar-refractivity contribution in [3.05, 3.63) is 40.1 Å². The average Bonchev–Trinajstić information content (AvgIpc) is 3.21. The maximum absolute atomic E-state index is 12.8. The monoisotopic (exact) mass is 390 g/mol. The number of carbonyl (C=O) groups excluding carboxylic acids is 1. The molecule has 7 nitrogen and oxygen atoms in total. The molecule has 3 aromatic rings. The Morgan fingerprint density at radius 1 is 1.19 bits per heavy atom. The molecule has 1 aliphatic rings. The van der Waals surface area contributed by atoms with Crippen LogP contribution in [0.5, 0.6) is 0 Å². The zero-order valence-electron chi connectivity index (χ0n) is 14.6. The number of nitrogens with zero attached hydrogens (tertiary/aromatic N) is 6. The lowest BCUT2D eigenvalue weighted by molar-refractivity contribution is 0.0745. The Bertz CT molecular complexity index is 944. The van der Waals surface area contributed by atoms with Crippen LogP contribution >= 0.6 is 22.9 Å². The summed E-state index contributed by atoms with van der Waals surface area (Å²) in [6.45, 7) is 6.92. The zero-order chi connectivity index (χ0) is 18.3. The number of rotatable bonds is 3. The third-order valence-electron chi connectivity index (χ3n) is 4.45. The Balaban J connectivity index is 1.47. The van der Waals surface area contributed by atoms with Crippen molar-refractivity contribution in [1.82, 2.24) is 24.7 Å². The number of fused-ring (bicyclic) bond motifs is 1. The summed E-state index contributed by atoms with van der Waals surface area (Å²) in [5.41, 5.74) is 1.09. The molecule has 0 atom stereocenters. The highest BCUT2D eigenvalue weighted by Crippen LogP contribution is 2.23. The number of hydrogen-bond acceptors (Lipinski definition) is 6. The van der Waals surface area contributed by atoms with E-state index >= 15 is 0 Å². The summed E-state index contributed by atoms with van der Waals surface area (Å²) < 4.78 is 1.69. The SMILES string of the molecule is CC(C)c1nnc2sc(C(=O)N3CCN(c4cccc(Cl)c4)CC3)nn12. The molecule has 1 aromatic carbocycles. The summed E-state index contributed by atoms with van der Waals surface area (Å²) in [5.74, 6) is 0.943. The van der Waals surface area contributed by atoms with E-state index in [4.69, 9.17) is 11.6 Å². The molecule has 1 aliphatic heterocycles. The maximum atomic E-state index is 12.8. The summed E-state index contributed by atoms with van der Waals surface area (Å²) in [6, 6.07) is 7.81. The predicted molar refractivity (Wildman–Crippen MR) is 102 cm³/mol. The third-order valence-corrected chi connectivity index (χ3v) is 5.58. The molecule has 0 saturated carbocycles. The molecule has 1 fully saturated rings. The van der Waals surface area contributed by atoms with Gasteiger partial charge in [0.1, 0.15) is 0 Å². The molecule has 0 spiro atoms. The van der Waals surface area contributed by atoms with Crippen molar-refractivity contribution in [2.45, 2.75) is 19.8 Å². The van der Waals surface area contributed by atoms with Crippen molar-refractivity contribution in [2.75, 3.05) is 31.1 Å². The van der Waals surface area contributed by atoms with Crippen LogP contribution in [0.25, 0.3) is 4.96 Å². The van der Waals surface area contributed by atoms with Gasteiger partial charge in [0.2, 0.25) is 9.97 Å². The molecule has 136 valence electrons. The first kappa shape index (κ1) is 17.2. The molecule has 0 radical (unpaired) electrons. The zero-order valence-corrected chi connectivity index (χ0v) is 16.2. The number of carbonyl (C=O) groups is 1. The summed E-state index contributed by atoms with van der Waals surface area (Å²) in [6.07, 6.45) is 0. The molecular formula is C17H19ClN6OS. The van der Waals surface area contributed by atoms with Gasteiger partial charge in [-0.3, -0.25) is 4.79 Å². The van der Waals surface area contributed by atoms with E-state index in [2.05, 4.69) is 20.2 Å². The summed E-state index contributed by atoms with van der Waals surface area (Å²) in [5, 5.41) is 13.9. The number of benzene rings is 1. The smallest absolute Gasteiger partial charge is 0.284 e. The molecule has 9 heteroatoms. The van der Waals surface area contributed by atoms with Crippen LogP contribution in [-0.2, 0) is 0 Å². The fourth-order valence-corrected chi connectivity index (χ4v) is 4.05. The van der Waals surface area contributed by atoms with Gasteiger partial charge in [-0.15, -0.1) is 15.3 Å². The van der Waals surface area contributed by atoms with Gasteiger partial charge in [-0.05, 0) is 18.2 Å². The van der Waals surface area contributed by atoms with Crippen LogP contribution in [-0.4, -0.2) is 56.8 Å². The Labute approximate surface area is 160 Å². The maximum Gasteiger partial charge on any atom is 0.284 e. The van der Waals surface area contributed by atoms with Gasteiger partial charge in [-0.25, -0.2) is 0 Å². The minimum atomic E-state index is -0.0408. The fourth-order valence-electron chi connectivity index (χ4n) is 3.05.